The van der Waals surface area contributed by atoms with E-state index in [1.54, 1.807) is 12.1 Å². The van der Waals surface area contributed by atoms with E-state index in [0.29, 0.717) is 11.4 Å². The van der Waals surface area contributed by atoms with Gasteiger partial charge in [-0.25, -0.2) is 10.8 Å². The van der Waals surface area contributed by atoms with Crippen molar-refractivity contribution < 1.29 is 0 Å². The van der Waals surface area contributed by atoms with Gasteiger partial charge in [0.2, 0.25) is 0 Å². The first-order valence-electron chi connectivity index (χ1n) is 3.01. The molecular weight excluding hydrogens is 178 g/mol. The first kappa shape index (κ1) is 10.7. The number of hydrazine groups is 1. The average molecular weight is 188 g/mol. The first-order valence-corrected chi connectivity index (χ1v) is 3.01. The van der Waals surface area contributed by atoms with Crippen molar-refractivity contribution in [1.82, 2.24) is 10.4 Å². The molecule has 1 rings (SSSR count). The van der Waals surface area contributed by atoms with Gasteiger partial charge in [-0.1, -0.05) is 0 Å². The van der Waals surface area contributed by atoms with Crippen LogP contribution in [0.15, 0.2) is 18.3 Å². The third-order valence-corrected chi connectivity index (χ3v) is 1.21. The maximum absolute atomic E-state index is 7.26. The predicted molar refractivity (Wildman–Crippen MR) is 50.0 cm³/mol. The van der Waals surface area contributed by atoms with Crippen molar-refractivity contribution in [3.63, 3.8) is 0 Å². The molecule has 66 valence electrons. The molecule has 0 spiro atoms. The summed E-state index contributed by atoms with van der Waals surface area (Å²) >= 11 is 0. The van der Waals surface area contributed by atoms with Crippen LogP contribution >= 0.6 is 12.4 Å². The minimum atomic E-state index is 0. The Kier molecular flexibility index (Phi) is 4.03. The van der Waals surface area contributed by atoms with Crippen molar-refractivity contribution in [2.45, 2.75) is 0 Å². The Balaban J connectivity index is 0.00000121. The summed E-state index contributed by atoms with van der Waals surface area (Å²) < 4.78 is 0. The molecule has 0 amide bonds. The molecule has 0 aliphatic heterocycles. The number of pyridine rings is 1. The Labute approximate surface area is 76.1 Å². The first-order chi connectivity index (χ1) is 5.24. The van der Waals surface area contributed by atoms with Crippen LogP contribution in [0.5, 0.6) is 0 Å². The van der Waals surface area contributed by atoms with Gasteiger partial charge in [-0.2, -0.15) is 0 Å². The maximum atomic E-state index is 7.26. The molecule has 6 heteroatoms. The number of amidine groups is 1. The van der Waals surface area contributed by atoms with Crippen LogP contribution in [-0.2, 0) is 0 Å². The molecule has 0 fully saturated rings. The van der Waals surface area contributed by atoms with Gasteiger partial charge in [-0.15, -0.1) is 12.4 Å². The lowest BCUT2D eigenvalue weighted by Crippen LogP contribution is -2.30. The molecule has 0 saturated carbocycles. The molecular formula is C6H10ClN5. The van der Waals surface area contributed by atoms with Crippen LogP contribution in [-0.4, -0.2) is 10.8 Å². The number of nitrogens with two attached hydrogens (primary N) is 2. The van der Waals surface area contributed by atoms with Gasteiger partial charge < -0.3 is 11.2 Å². The number of nitrogens with zero attached hydrogens (tertiary/aromatic N) is 1. The van der Waals surface area contributed by atoms with Gasteiger partial charge in [0.05, 0.1) is 0 Å². The van der Waals surface area contributed by atoms with Crippen molar-refractivity contribution in [3.05, 3.63) is 23.9 Å². The maximum Gasteiger partial charge on any atom is 0.139 e. The third kappa shape index (κ3) is 2.37. The molecule has 1 aromatic rings. The Morgan fingerprint density at radius 2 is 2.25 bits per heavy atom. The number of hydrogen-bond donors (Lipinski definition) is 4. The molecule has 0 aromatic carbocycles. The Bertz CT molecular complexity index is 274. The fourth-order valence-corrected chi connectivity index (χ4v) is 0.687. The summed E-state index contributed by atoms with van der Waals surface area (Å²) in [6.45, 7) is 0. The summed E-state index contributed by atoms with van der Waals surface area (Å²) in [6, 6.07) is 3.22. The van der Waals surface area contributed by atoms with Gasteiger partial charge in [-0.3, -0.25) is 5.41 Å². The van der Waals surface area contributed by atoms with Crippen LogP contribution in [0.3, 0.4) is 0 Å². The van der Waals surface area contributed by atoms with Crippen LogP contribution in [0.25, 0.3) is 0 Å². The second kappa shape index (κ2) is 4.53. The molecule has 0 saturated heterocycles. The average Bonchev–Trinajstić information content (AvgIpc) is 2.03. The summed E-state index contributed by atoms with van der Waals surface area (Å²) in [4.78, 5) is 3.77. The standard InChI is InChI=1S/C6H9N5.ClH/c7-5-3-4(1-2-10-5)6(8)11-9;/h1-3H,9H2,(H2,7,10)(H2,8,11);1H. The number of anilines is 1. The Morgan fingerprint density at radius 1 is 1.58 bits per heavy atom. The fraction of sp³-hybridized carbons (Fsp3) is 0. The van der Waals surface area contributed by atoms with Crippen molar-refractivity contribution in [2.75, 3.05) is 5.73 Å². The SMILES string of the molecule is Cl.N=C(NN)c1ccnc(N)c1. The van der Waals surface area contributed by atoms with E-state index < -0.39 is 0 Å². The summed E-state index contributed by atoms with van der Waals surface area (Å²) in [5.41, 5.74) is 8.21. The lowest BCUT2D eigenvalue weighted by molar-refractivity contribution is 1.01. The van der Waals surface area contributed by atoms with Gasteiger partial charge in [0.1, 0.15) is 11.7 Å². The van der Waals surface area contributed by atoms with Crippen LogP contribution in [0.1, 0.15) is 5.56 Å². The minimum absolute atomic E-state index is 0. The minimum Gasteiger partial charge on any atom is -0.384 e. The highest BCUT2D eigenvalue weighted by molar-refractivity contribution is 5.96. The van der Waals surface area contributed by atoms with Crippen LogP contribution in [0.2, 0.25) is 0 Å². The largest absolute Gasteiger partial charge is 0.384 e. The highest BCUT2D eigenvalue weighted by Crippen LogP contribution is 2.01. The van der Waals surface area contributed by atoms with E-state index in [9.17, 15) is 0 Å². The van der Waals surface area contributed by atoms with Crippen LogP contribution in [0, 0.1) is 5.41 Å². The zero-order chi connectivity index (χ0) is 8.27. The predicted octanol–water partition coefficient (Wildman–Crippen LogP) is -0.126. The summed E-state index contributed by atoms with van der Waals surface area (Å²) in [5.74, 6) is 5.52. The zero-order valence-electron chi connectivity index (χ0n) is 6.24. The van der Waals surface area contributed by atoms with Crippen molar-refractivity contribution in [3.8, 4) is 0 Å². The number of nitrogens with one attached hydrogen (secondary N) is 2. The van der Waals surface area contributed by atoms with Gasteiger partial charge in [0.25, 0.3) is 0 Å². The van der Waals surface area contributed by atoms with E-state index in [1.165, 1.54) is 6.20 Å². The quantitative estimate of drug-likeness (QED) is 0.213. The lowest BCUT2D eigenvalue weighted by atomic mass is 10.2. The van der Waals surface area contributed by atoms with E-state index >= 15 is 0 Å². The molecule has 12 heavy (non-hydrogen) atoms. The second-order valence-electron chi connectivity index (χ2n) is 1.99. The molecule has 0 radical (unpaired) electrons. The van der Waals surface area contributed by atoms with Gasteiger partial charge in [0.15, 0.2) is 0 Å². The van der Waals surface area contributed by atoms with E-state index in [0.717, 1.165) is 0 Å². The highest BCUT2D eigenvalue weighted by atomic mass is 35.5. The molecule has 0 unspecified atom stereocenters. The van der Waals surface area contributed by atoms with E-state index in [4.69, 9.17) is 17.0 Å². The lowest BCUT2D eigenvalue weighted by Gasteiger charge is -2.01. The molecule has 6 N–H and O–H groups in total. The number of hydrogen-bond acceptors (Lipinski definition) is 4. The molecule has 1 aromatic heterocycles. The van der Waals surface area contributed by atoms with Crippen LogP contribution in [0.4, 0.5) is 5.82 Å². The highest BCUT2D eigenvalue weighted by Gasteiger charge is 1.97. The van der Waals surface area contributed by atoms with Crippen LogP contribution < -0.4 is 17.0 Å². The van der Waals surface area contributed by atoms with Gasteiger partial charge >= 0.3 is 0 Å². The van der Waals surface area contributed by atoms with E-state index in [2.05, 4.69) is 10.4 Å². The molecule has 0 aliphatic carbocycles. The fourth-order valence-electron chi connectivity index (χ4n) is 0.687. The molecule has 5 nitrogen and oxygen atoms in total. The smallest absolute Gasteiger partial charge is 0.139 e. The van der Waals surface area contributed by atoms with Gasteiger partial charge in [-0.05, 0) is 12.1 Å². The summed E-state index contributed by atoms with van der Waals surface area (Å²) in [6.07, 6.45) is 1.52. The van der Waals surface area contributed by atoms with E-state index in [-0.39, 0.29) is 18.2 Å². The van der Waals surface area contributed by atoms with Crippen molar-refractivity contribution >= 4 is 24.1 Å². The van der Waals surface area contributed by atoms with Crippen molar-refractivity contribution in [2.24, 2.45) is 5.84 Å². The number of halogens is 1. The number of nitrogen functional groups attached to an aromatic ring is 1. The Morgan fingerprint density at radius 3 is 2.75 bits per heavy atom. The molecule has 1 heterocycles. The molecule has 0 aliphatic rings. The Hall–Kier alpha value is -1.33. The monoisotopic (exact) mass is 187 g/mol. The van der Waals surface area contributed by atoms with E-state index in [1.807, 2.05) is 0 Å². The normalized spacial score (nSPS) is 8.42. The van der Waals surface area contributed by atoms with Gasteiger partial charge in [0, 0.05) is 11.8 Å². The third-order valence-electron chi connectivity index (χ3n) is 1.21. The number of rotatable bonds is 1. The number of aromatic nitrogens is 1. The van der Waals surface area contributed by atoms with Crippen molar-refractivity contribution in [1.29, 1.82) is 5.41 Å². The zero-order valence-corrected chi connectivity index (χ0v) is 7.06. The summed E-state index contributed by atoms with van der Waals surface area (Å²) in [5, 5.41) is 7.26. The molecule has 0 bridgehead atoms. The molecule has 0 atom stereocenters. The summed E-state index contributed by atoms with van der Waals surface area (Å²) in [7, 11) is 0. The topological polar surface area (TPSA) is 101 Å². The second-order valence-corrected chi connectivity index (χ2v) is 1.99.